The molecule has 0 saturated heterocycles. The van der Waals surface area contributed by atoms with Crippen LogP contribution < -0.4 is 5.32 Å². The maximum atomic E-state index is 6.16. The fourth-order valence-electron chi connectivity index (χ4n) is 4.26. The zero-order chi connectivity index (χ0) is 20.8. The second-order valence-corrected chi connectivity index (χ2v) is 8.05. The molecule has 3 heterocycles. The van der Waals surface area contributed by atoms with Gasteiger partial charge in [0.15, 0.2) is 0 Å². The highest BCUT2D eigenvalue weighted by molar-refractivity contribution is 6.30. The molecule has 0 spiro atoms. The third-order valence-corrected chi connectivity index (χ3v) is 5.98. The van der Waals surface area contributed by atoms with E-state index < -0.39 is 0 Å². The summed E-state index contributed by atoms with van der Waals surface area (Å²) in [6, 6.07) is 30.7. The van der Waals surface area contributed by atoms with E-state index in [-0.39, 0.29) is 6.04 Å². The Hall–Kier alpha value is -3.76. The summed E-state index contributed by atoms with van der Waals surface area (Å²) in [6.45, 7) is 0. The van der Waals surface area contributed by atoms with Gasteiger partial charge in [0, 0.05) is 34.2 Å². The zero-order valence-corrected chi connectivity index (χ0v) is 17.4. The number of nitrogens with zero attached hydrogens (tertiary/aromatic N) is 3. The molecule has 31 heavy (non-hydrogen) atoms. The Bertz CT molecular complexity index is 1370. The quantitative estimate of drug-likeness (QED) is 0.360. The average molecular weight is 423 g/mol. The van der Waals surface area contributed by atoms with Gasteiger partial charge in [-0.25, -0.2) is 4.68 Å². The molecule has 5 aromatic rings. The molecule has 150 valence electrons. The molecule has 0 fully saturated rings. The van der Waals surface area contributed by atoms with Gasteiger partial charge in [0.2, 0.25) is 0 Å². The van der Waals surface area contributed by atoms with Gasteiger partial charge in [0.05, 0.1) is 28.8 Å². The van der Waals surface area contributed by atoms with Crippen molar-refractivity contribution in [2.24, 2.45) is 0 Å². The molecule has 0 bridgehead atoms. The second kappa shape index (κ2) is 7.18. The topological polar surface area (TPSA) is 34.8 Å². The highest BCUT2D eigenvalue weighted by atomic mass is 35.5. The molecule has 1 unspecified atom stereocenters. The summed E-state index contributed by atoms with van der Waals surface area (Å²) < 4.78 is 4.21. The first-order valence-corrected chi connectivity index (χ1v) is 10.6. The number of hydrogen-bond donors (Lipinski definition) is 1. The summed E-state index contributed by atoms with van der Waals surface area (Å²) >= 11 is 6.16. The van der Waals surface area contributed by atoms with Crippen LogP contribution in [0.25, 0.3) is 22.6 Å². The molecular weight excluding hydrogens is 404 g/mol. The fourth-order valence-corrected chi connectivity index (χ4v) is 4.39. The van der Waals surface area contributed by atoms with Crippen LogP contribution in [0.15, 0.2) is 103 Å². The Kier molecular flexibility index (Phi) is 4.18. The minimum absolute atomic E-state index is 0.0342. The van der Waals surface area contributed by atoms with Gasteiger partial charge in [-0.15, -0.1) is 0 Å². The number of anilines is 1. The van der Waals surface area contributed by atoms with Crippen molar-refractivity contribution in [1.82, 2.24) is 14.3 Å². The van der Waals surface area contributed by atoms with Crippen molar-refractivity contribution in [2.45, 2.75) is 6.04 Å². The predicted molar refractivity (Wildman–Crippen MR) is 125 cm³/mol. The maximum absolute atomic E-state index is 6.16. The zero-order valence-electron chi connectivity index (χ0n) is 16.6. The third kappa shape index (κ3) is 3.04. The Balaban J connectivity index is 1.55. The van der Waals surface area contributed by atoms with Crippen LogP contribution in [0.2, 0.25) is 5.02 Å². The van der Waals surface area contributed by atoms with Crippen LogP contribution in [0.5, 0.6) is 0 Å². The molecular formula is C26H19ClN4. The van der Waals surface area contributed by atoms with E-state index in [9.17, 15) is 0 Å². The monoisotopic (exact) mass is 422 g/mol. The van der Waals surface area contributed by atoms with Gasteiger partial charge >= 0.3 is 0 Å². The lowest BCUT2D eigenvalue weighted by Gasteiger charge is -2.29. The molecule has 0 amide bonds. The standard InChI is InChI=1S/C26H19ClN4/c27-19-14-12-18(13-15-19)25-21(17-31(29-25)20-7-2-1-3-8-20)26-24-11-6-16-30(24)23-10-5-4-9-22(23)28-26/h1-17,26,28H. The minimum Gasteiger partial charge on any atom is -0.371 e. The largest absolute Gasteiger partial charge is 0.371 e. The Labute approximate surface area is 185 Å². The highest BCUT2D eigenvalue weighted by Gasteiger charge is 2.29. The van der Waals surface area contributed by atoms with E-state index in [1.807, 2.05) is 47.1 Å². The first-order valence-electron chi connectivity index (χ1n) is 10.2. The van der Waals surface area contributed by atoms with Gasteiger partial charge in [0.1, 0.15) is 0 Å². The predicted octanol–water partition coefficient (Wildman–Crippen LogP) is 6.50. The molecule has 4 nitrogen and oxygen atoms in total. The molecule has 3 aromatic carbocycles. The molecule has 0 radical (unpaired) electrons. The van der Waals surface area contributed by atoms with Crippen molar-refractivity contribution in [3.63, 3.8) is 0 Å². The minimum atomic E-state index is -0.0342. The first-order chi connectivity index (χ1) is 15.3. The average Bonchev–Trinajstić information content (AvgIpc) is 3.48. The second-order valence-electron chi connectivity index (χ2n) is 7.62. The molecule has 5 heteroatoms. The molecule has 1 aliphatic rings. The van der Waals surface area contributed by atoms with Gasteiger partial charge in [-0.2, -0.15) is 5.10 Å². The highest BCUT2D eigenvalue weighted by Crippen LogP contribution is 2.40. The third-order valence-electron chi connectivity index (χ3n) is 5.73. The van der Waals surface area contributed by atoms with Crippen LogP contribution in [-0.2, 0) is 0 Å². The number of halogens is 1. The first kappa shape index (κ1) is 18.0. The van der Waals surface area contributed by atoms with Crippen LogP contribution in [-0.4, -0.2) is 14.3 Å². The fraction of sp³-hybridized carbons (Fsp3) is 0.0385. The van der Waals surface area contributed by atoms with Gasteiger partial charge < -0.3 is 9.88 Å². The van der Waals surface area contributed by atoms with Crippen LogP contribution in [0, 0.1) is 0 Å². The molecule has 6 rings (SSSR count). The lowest BCUT2D eigenvalue weighted by molar-refractivity contribution is 0.809. The molecule has 0 aliphatic carbocycles. The van der Waals surface area contributed by atoms with E-state index in [0.29, 0.717) is 5.02 Å². The van der Waals surface area contributed by atoms with E-state index in [1.165, 1.54) is 5.69 Å². The number of fused-ring (bicyclic) bond motifs is 3. The number of aromatic nitrogens is 3. The molecule has 2 aromatic heterocycles. The normalized spacial score (nSPS) is 14.5. The van der Waals surface area contributed by atoms with Crippen LogP contribution in [0.3, 0.4) is 0 Å². The summed E-state index contributed by atoms with van der Waals surface area (Å²) in [5.74, 6) is 0. The lowest BCUT2D eigenvalue weighted by Crippen LogP contribution is -2.22. The number of nitrogens with one attached hydrogen (secondary N) is 1. The smallest absolute Gasteiger partial charge is 0.0984 e. The lowest BCUT2D eigenvalue weighted by atomic mass is 9.98. The summed E-state index contributed by atoms with van der Waals surface area (Å²) in [4.78, 5) is 0. The van der Waals surface area contributed by atoms with Gasteiger partial charge in [-0.3, -0.25) is 0 Å². The van der Waals surface area contributed by atoms with Crippen LogP contribution in [0.1, 0.15) is 17.3 Å². The van der Waals surface area contributed by atoms with Crippen LogP contribution in [0.4, 0.5) is 5.69 Å². The van der Waals surface area contributed by atoms with Crippen molar-refractivity contribution in [3.8, 4) is 22.6 Å². The van der Waals surface area contributed by atoms with E-state index in [2.05, 4.69) is 70.8 Å². The molecule has 0 saturated carbocycles. The molecule has 1 N–H and O–H groups in total. The van der Waals surface area contributed by atoms with E-state index in [4.69, 9.17) is 16.7 Å². The van der Waals surface area contributed by atoms with Gasteiger partial charge in [-0.05, 0) is 48.5 Å². The van der Waals surface area contributed by atoms with Crippen molar-refractivity contribution < 1.29 is 0 Å². The number of para-hydroxylation sites is 3. The van der Waals surface area contributed by atoms with Gasteiger partial charge in [-0.1, -0.05) is 54.1 Å². The summed E-state index contributed by atoms with van der Waals surface area (Å²) in [7, 11) is 0. The maximum Gasteiger partial charge on any atom is 0.0984 e. The van der Waals surface area contributed by atoms with Crippen molar-refractivity contribution in [3.05, 3.63) is 120 Å². The number of hydrogen-bond acceptors (Lipinski definition) is 2. The summed E-state index contributed by atoms with van der Waals surface area (Å²) in [5.41, 5.74) is 7.55. The van der Waals surface area contributed by atoms with Gasteiger partial charge in [0.25, 0.3) is 0 Å². The summed E-state index contributed by atoms with van der Waals surface area (Å²) in [6.07, 6.45) is 4.24. The molecule has 1 atom stereocenters. The van der Waals surface area contributed by atoms with Crippen molar-refractivity contribution in [1.29, 1.82) is 0 Å². The SMILES string of the molecule is Clc1ccc(-c2nn(-c3ccccc3)cc2C2Nc3ccccc3-n3cccc32)cc1. The summed E-state index contributed by atoms with van der Waals surface area (Å²) in [5, 5.41) is 9.45. The van der Waals surface area contributed by atoms with Crippen molar-refractivity contribution >= 4 is 17.3 Å². The Morgan fingerprint density at radius 1 is 0.806 bits per heavy atom. The van der Waals surface area contributed by atoms with E-state index >= 15 is 0 Å². The molecule has 1 aliphatic heterocycles. The Morgan fingerprint density at radius 3 is 2.42 bits per heavy atom. The van der Waals surface area contributed by atoms with E-state index in [0.717, 1.165) is 33.9 Å². The van der Waals surface area contributed by atoms with E-state index in [1.54, 1.807) is 0 Å². The van der Waals surface area contributed by atoms with Crippen LogP contribution >= 0.6 is 11.6 Å². The van der Waals surface area contributed by atoms with Crippen molar-refractivity contribution in [2.75, 3.05) is 5.32 Å². The number of rotatable bonds is 3. The number of benzene rings is 3. The Morgan fingerprint density at radius 2 is 1.58 bits per heavy atom.